The van der Waals surface area contributed by atoms with Crippen molar-refractivity contribution in [2.75, 3.05) is 39.8 Å². The molecule has 0 aromatic carbocycles. The van der Waals surface area contributed by atoms with Crippen molar-refractivity contribution in [3.05, 3.63) is 0 Å². The van der Waals surface area contributed by atoms with Crippen LogP contribution in [-0.2, 0) is 4.79 Å². The first-order valence-corrected chi connectivity index (χ1v) is 6.37. The van der Waals surface area contributed by atoms with Crippen LogP contribution in [0.3, 0.4) is 0 Å². The zero-order valence-corrected chi connectivity index (χ0v) is 12.9. The first-order chi connectivity index (χ1) is 7.66. The average Bonchev–Trinajstić information content (AvgIpc) is 2.29. The maximum Gasteiger partial charge on any atom is 0.225 e. The molecule has 108 valence electrons. The molecule has 2 rings (SSSR count). The summed E-state index contributed by atoms with van der Waals surface area (Å²) in [6.45, 7) is 6.99. The summed E-state index contributed by atoms with van der Waals surface area (Å²) in [5, 5.41) is 3.37. The number of likely N-dealkylation sites (tertiary alicyclic amines) is 1. The Kier molecular flexibility index (Phi) is 8.19. The molecule has 6 heteroatoms. The summed E-state index contributed by atoms with van der Waals surface area (Å²) >= 11 is 0. The number of carbonyl (C=O) groups is 1. The van der Waals surface area contributed by atoms with E-state index in [0.29, 0.717) is 11.9 Å². The van der Waals surface area contributed by atoms with Gasteiger partial charge in [-0.15, -0.1) is 24.8 Å². The molecular weight excluding hydrogens is 273 g/mol. The minimum absolute atomic E-state index is 0. The van der Waals surface area contributed by atoms with Crippen LogP contribution in [-0.4, -0.2) is 61.5 Å². The van der Waals surface area contributed by atoms with Crippen molar-refractivity contribution in [2.45, 2.75) is 25.8 Å². The van der Waals surface area contributed by atoms with Gasteiger partial charge < -0.3 is 15.1 Å². The number of nitrogens with one attached hydrogen (secondary N) is 1. The molecule has 2 fully saturated rings. The maximum absolute atomic E-state index is 12.3. The van der Waals surface area contributed by atoms with Crippen molar-refractivity contribution in [3.8, 4) is 0 Å². The van der Waals surface area contributed by atoms with Crippen LogP contribution in [0.1, 0.15) is 19.8 Å². The molecule has 0 aliphatic carbocycles. The molecule has 2 aliphatic heterocycles. The summed E-state index contributed by atoms with van der Waals surface area (Å²) in [6.07, 6.45) is 2.07. The van der Waals surface area contributed by atoms with Crippen molar-refractivity contribution >= 4 is 30.7 Å². The summed E-state index contributed by atoms with van der Waals surface area (Å²) in [5.41, 5.74) is 0. The SMILES string of the molecule is C[C@@H]1CN(C(=O)C2CCN(C)CC2)CCN1.Cl.Cl. The van der Waals surface area contributed by atoms with Gasteiger partial charge in [0.05, 0.1) is 0 Å². The third kappa shape index (κ3) is 4.57. The number of piperazine rings is 1. The van der Waals surface area contributed by atoms with Crippen LogP contribution in [0.5, 0.6) is 0 Å². The van der Waals surface area contributed by atoms with Crippen molar-refractivity contribution in [3.63, 3.8) is 0 Å². The number of hydrogen-bond acceptors (Lipinski definition) is 3. The molecule has 0 aromatic rings. The van der Waals surface area contributed by atoms with E-state index in [1.807, 2.05) is 0 Å². The second kappa shape index (κ2) is 8.20. The summed E-state index contributed by atoms with van der Waals surface area (Å²) in [7, 11) is 2.13. The average molecular weight is 298 g/mol. The molecule has 18 heavy (non-hydrogen) atoms. The molecule has 4 nitrogen and oxygen atoms in total. The van der Waals surface area contributed by atoms with Gasteiger partial charge in [0, 0.05) is 31.6 Å². The van der Waals surface area contributed by atoms with E-state index in [-0.39, 0.29) is 30.7 Å². The van der Waals surface area contributed by atoms with Gasteiger partial charge in [-0.3, -0.25) is 4.79 Å². The highest BCUT2D eigenvalue weighted by molar-refractivity contribution is 5.85. The van der Waals surface area contributed by atoms with Crippen LogP contribution in [0.25, 0.3) is 0 Å². The van der Waals surface area contributed by atoms with E-state index in [0.717, 1.165) is 45.6 Å². The van der Waals surface area contributed by atoms with Gasteiger partial charge in [-0.05, 0) is 39.9 Å². The lowest BCUT2D eigenvalue weighted by molar-refractivity contribution is -0.138. The lowest BCUT2D eigenvalue weighted by atomic mass is 9.95. The standard InChI is InChI=1S/C12H23N3O.2ClH/c1-10-9-15(8-5-13-10)12(16)11-3-6-14(2)7-4-11;;/h10-11,13H,3-9H2,1-2H3;2*1H/t10-;;/m1../s1. The molecule has 1 amide bonds. The summed E-state index contributed by atoms with van der Waals surface area (Å²) < 4.78 is 0. The third-order valence-electron chi connectivity index (χ3n) is 3.75. The molecule has 0 aromatic heterocycles. The number of nitrogens with zero attached hydrogens (tertiary/aromatic N) is 2. The van der Waals surface area contributed by atoms with Crippen LogP contribution in [0.4, 0.5) is 0 Å². The topological polar surface area (TPSA) is 35.6 Å². The molecule has 2 aliphatic rings. The minimum Gasteiger partial charge on any atom is -0.340 e. The van der Waals surface area contributed by atoms with Crippen LogP contribution in [0, 0.1) is 5.92 Å². The predicted octanol–water partition coefficient (Wildman–Crippen LogP) is 0.992. The molecule has 0 unspecified atom stereocenters. The van der Waals surface area contributed by atoms with Gasteiger partial charge in [0.1, 0.15) is 0 Å². The lowest BCUT2D eigenvalue weighted by Crippen LogP contribution is -2.53. The van der Waals surface area contributed by atoms with Crippen LogP contribution in [0.15, 0.2) is 0 Å². The largest absolute Gasteiger partial charge is 0.340 e. The van der Waals surface area contributed by atoms with E-state index in [4.69, 9.17) is 0 Å². The molecule has 2 heterocycles. The Morgan fingerprint density at radius 3 is 2.33 bits per heavy atom. The lowest BCUT2D eigenvalue weighted by Gasteiger charge is -2.36. The fourth-order valence-electron chi connectivity index (χ4n) is 2.65. The number of hydrogen-bond donors (Lipinski definition) is 1. The summed E-state index contributed by atoms with van der Waals surface area (Å²) in [4.78, 5) is 16.6. The van der Waals surface area contributed by atoms with Crippen molar-refractivity contribution in [2.24, 2.45) is 5.92 Å². The van der Waals surface area contributed by atoms with Crippen molar-refractivity contribution in [1.82, 2.24) is 15.1 Å². The number of piperidine rings is 1. The number of carbonyl (C=O) groups excluding carboxylic acids is 1. The van der Waals surface area contributed by atoms with Crippen molar-refractivity contribution < 1.29 is 4.79 Å². The van der Waals surface area contributed by atoms with E-state index >= 15 is 0 Å². The van der Waals surface area contributed by atoms with Crippen LogP contribution in [0.2, 0.25) is 0 Å². The fourth-order valence-corrected chi connectivity index (χ4v) is 2.65. The number of rotatable bonds is 1. The first kappa shape index (κ1) is 18.0. The summed E-state index contributed by atoms with van der Waals surface area (Å²) in [5.74, 6) is 0.669. The Morgan fingerprint density at radius 1 is 1.17 bits per heavy atom. The maximum atomic E-state index is 12.3. The van der Waals surface area contributed by atoms with Crippen LogP contribution >= 0.6 is 24.8 Å². The van der Waals surface area contributed by atoms with Gasteiger partial charge in [0.15, 0.2) is 0 Å². The molecule has 0 spiro atoms. The van der Waals surface area contributed by atoms with Gasteiger partial charge in [-0.2, -0.15) is 0 Å². The van der Waals surface area contributed by atoms with E-state index in [1.165, 1.54) is 0 Å². The third-order valence-corrected chi connectivity index (χ3v) is 3.75. The van der Waals surface area contributed by atoms with Gasteiger partial charge in [0.25, 0.3) is 0 Å². The Bertz CT molecular complexity index is 258. The smallest absolute Gasteiger partial charge is 0.225 e. The van der Waals surface area contributed by atoms with Gasteiger partial charge in [-0.25, -0.2) is 0 Å². The highest BCUT2D eigenvalue weighted by atomic mass is 35.5. The Hall–Kier alpha value is -0.0300. The normalized spacial score (nSPS) is 26.1. The highest BCUT2D eigenvalue weighted by Crippen LogP contribution is 2.19. The van der Waals surface area contributed by atoms with Gasteiger partial charge >= 0.3 is 0 Å². The molecule has 0 saturated carbocycles. The Morgan fingerprint density at radius 2 is 1.78 bits per heavy atom. The minimum atomic E-state index is 0. The number of amides is 1. The van der Waals surface area contributed by atoms with Gasteiger partial charge in [-0.1, -0.05) is 0 Å². The van der Waals surface area contributed by atoms with E-state index in [9.17, 15) is 4.79 Å². The quantitative estimate of drug-likeness (QED) is 0.784. The van der Waals surface area contributed by atoms with E-state index < -0.39 is 0 Å². The molecule has 1 N–H and O–H groups in total. The second-order valence-electron chi connectivity index (χ2n) is 5.22. The fraction of sp³-hybridized carbons (Fsp3) is 0.917. The Labute approximate surface area is 122 Å². The van der Waals surface area contributed by atoms with Gasteiger partial charge in [0.2, 0.25) is 5.91 Å². The monoisotopic (exact) mass is 297 g/mol. The van der Waals surface area contributed by atoms with E-state index in [2.05, 4.69) is 29.1 Å². The molecule has 2 saturated heterocycles. The second-order valence-corrected chi connectivity index (χ2v) is 5.22. The van der Waals surface area contributed by atoms with Crippen molar-refractivity contribution in [1.29, 1.82) is 0 Å². The highest BCUT2D eigenvalue weighted by Gasteiger charge is 2.29. The first-order valence-electron chi connectivity index (χ1n) is 6.37. The Balaban J connectivity index is 0.00000144. The predicted molar refractivity (Wildman–Crippen MR) is 78.8 cm³/mol. The zero-order chi connectivity index (χ0) is 11.5. The molecule has 0 bridgehead atoms. The molecule has 0 radical (unpaired) electrons. The summed E-state index contributed by atoms with van der Waals surface area (Å²) in [6, 6.07) is 0.448. The number of halogens is 2. The zero-order valence-electron chi connectivity index (χ0n) is 11.2. The van der Waals surface area contributed by atoms with Crippen LogP contribution < -0.4 is 5.32 Å². The molecular formula is C12H25Cl2N3O. The molecule has 1 atom stereocenters. The van der Waals surface area contributed by atoms with E-state index in [1.54, 1.807) is 0 Å².